The van der Waals surface area contributed by atoms with Crippen LogP contribution in [0.4, 0.5) is 5.69 Å². The van der Waals surface area contributed by atoms with Crippen molar-refractivity contribution in [1.82, 2.24) is 0 Å². The van der Waals surface area contributed by atoms with Gasteiger partial charge in [0.1, 0.15) is 23.9 Å². The van der Waals surface area contributed by atoms with Crippen LogP contribution in [0, 0.1) is 0 Å². The molecule has 26 heavy (non-hydrogen) atoms. The molecule has 2 aromatic carbocycles. The SMILES string of the molecule is COc1ccc(NC(=O)c2cccc(Cl)c2Cl)cc1-c1ccc(CO)o1. The lowest BCUT2D eigenvalue weighted by Gasteiger charge is -2.11. The largest absolute Gasteiger partial charge is 0.496 e. The molecular weight excluding hydrogens is 377 g/mol. The molecule has 0 radical (unpaired) electrons. The second-order valence-electron chi connectivity index (χ2n) is 5.39. The molecule has 0 saturated carbocycles. The van der Waals surface area contributed by atoms with E-state index in [0.717, 1.165) is 0 Å². The second kappa shape index (κ2) is 7.83. The zero-order valence-electron chi connectivity index (χ0n) is 13.8. The first-order valence-electron chi connectivity index (χ1n) is 7.67. The molecular formula is C19H15Cl2NO4. The van der Waals surface area contributed by atoms with Gasteiger partial charge in [-0.2, -0.15) is 0 Å². The summed E-state index contributed by atoms with van der Waals surface area (Å²) in [6.45, 7) is -0.202. The van der Waals surface area contributed by atoms with E-state index in [1.165, 1.54) is 0 Å². The van der Waals surface area contributed by atoms with Crippen molar-refractivity contribution in [3.8, 4) is 17.1 Å². The predicted molar refractivity (Wildman–Crippen MR) is 101 cm³/mol. The Morgan fingerprint density at radius 2 is 2.00 bits per heavy atom. The number of amides is 1. The number of nitrogens with one attached hydrogen (secondary N) is 1. The quantitative estimate of drug-likeness (QED) is 0.641. The number of benzene rings is 2. The molecule has 3 rings (SSSR count). The lowest BCUT2D eigenvalue weighted by atomic mass is 10.1. The lowest BCUT2D eigenvalue weighted by molar-refractivity contribution is 0.102. The zero-order valence-corrected chi connectivity index (χ0v) is 15.3. The fraction of sp³-hybridized carbons (Fsp3) is 0.105. The monoisotopic (exact) mass is 391 g/mol. The number of hydrogen-bond acceptors (Lipinski definition) is 4. The van der Waals surface area contributed by atoms with Gasteiger partial charge in [-0.25, -0.2) is 0 Å². The average molecular weight is 392 g/mol. The fourth-order valence-electron chi connectivity index (χ4n) is 2.46. The standard InChI is InChI=1S/C19H15Cl2NO4/c1-25-16-7-5-11(9-14(16)17-8-6-12(10-23)26-17)22-19(24)13-3-2-4-15(20)18(13)21/h2-9,23H,10H2,1H3,(H,22,24). The molecule has 0 fully saturated rings. The van der Waals surface area contributed by atoms with E-state index >= 15 is 0 Å². The number of carbonyl (C=O) groups is 1. The summed E-state index contributed by atoms with van der Waals surface area (Å²) >= 11 is 12.1. The van der Waals surface area contributed by atoms with Gasteiger partial charge >= 0.3 is 0 Å². The molecule has 7 heteroatoms. The van der Waals surface area contributed by atoms with Gasteiger partial charge in [-0.15, -0.1) is 0 Å². The highest BCUT2D eigenvalue weighted by molar-refractivity contribution is 6.44. The van der Waals surface area contributed by atoms with Crippen LogP contribution in [-0.2, 0) is 6.61 Å². The van der Waals surface area contributed by atoms with Gasteiger partial charge < -0.3 is 19.6 Å². The maximum Gasteiger partial charge on any atom is 0.257 e. The Morgan fingerprint density at radius 1 is 1.19 bits per heavy atom. The number of aliphatic hydroxyl groups excluding tert-OH is 1. The van der Waals surface area contributed by atoms with E-state index in [1.807, 2.05) is 0 Å². The molecule has 1 heterocycles. The highest BCUT2D eigenvalue weighted by Gasteiger charge is 2.15. The van der Waals surface area contributed by atoms with Crippen LogP contribution in [-0.4, -0.2) is 18.1 Å². The minimum atomic E-state index is -0.385. The molecule has 5 nitrogen and oxygen atoms in total. The maximum absolute atomic E-state index is 12.5. The van der Waals surface area contributed by atoms with E-state index in [0.29, 0.717) is 33.5 Å². The maximum atomic E-state index is 12.5. The Kier molecular flexibility index (Phi) is 5.52. The summed E-state index contributed by atoms with van der Waals surface area (Å²) in [7, 11) is 1.54. The lowest BCUT2D eigenvalue weighted by Crippen LogP contribution is -2.12. The van der Waals surface area contributed by atoms with E-state index in [4.69, 9.17) is 37.5 Å². The Bertz CT molecular complexity index is 952. The van der Waals surface area contributed by atoms with Gasteiger partial charge in [0.25, 0.3) is 5.91 Å². The van der Waals surface area contributed by atoms with E-state index in [2.05, 4.69) is 5.32 Å². The van der Waals surface area contributed by atoms with Crippen molar-refractivity contribution in [2.75, 3.05) is 12.4 Å². The van der Waals surface area contributed by atoms with Crippen molar-refractivity contribution in [2.45, 2.75) is 6.61 Å². The van der Waals surface area contributed by atoms with Gasteiger partial charge in [-0.3, -0.25) is 4.79 Å². The van der Waals surface area contributed by atoms with Crippen LogP contribution in [0.25, 0.3) is 11.3 Å². The molecule has 0 aliphatic heterocycles. The van der Waals surface area contributed by atoms with Crippen LogP contribution in [0.15, 0.2) is 52.9 Å². The summed E-state index contributed by atoms with van der Waals surface area (Å²) in [6, 6.07) is 13.4. The third kappa shape index (κ3) is 3.70. The van der Waals surface area contributed by atoms with Crippen molar-refractivity contribution >= 4 is 34.8 Å². The van der Waals surface area contributed by atoms with Crippen LogP contribution in [0.1, 0.15) is 16.1 Å². The minimum Gasteiger partial charge on any atom is -0.496 e. The smallest absolute Gasteiger partial charge is 0.257 e. The number of halogens is 2. The predicted octanol–water partition coefficient (Wildman–Crippen LogP) is 5.01. The summed E-state index contributed by atoms with van der Waals surface area (Å²) in [4.78, 5) is 12.5. The third-order valence-electron chi connectivity index (χ3n) is 3.74. The fourth-order valence-corrected chi connectivity index (χ4v) is 2.85. The van der Waals surface area contributed by atoms with Crippen LogP contribution in [0.2, 0.25) is 10.0 Å². The summed E-state index contributed by atoms with van der Waals surface area (Å²) in [6.07, 6.45) is 0. The number of aliphatic hydroxyl groups is 1. The molecule has 2 N–H and O–H groups in total. The third-order valence-corrected chi connectivity index (χ3v) is 4.56. The minimum absolute atomic E-state index is 0.194. The topological polar surface area (TPSA) is 71.7 Å². The molecule has 0 aliphatic rings. The van der Waals surface area contributed by atoms with Crippen LogP contribution in [0.5, 0.6) is 5.75 Å². The first kappa shape index (κ1) is 18.3. The molecule has 0 spiro atoms. The summed E-state index contributed by atoms with van der Waals surface area (Å²) in [5.41, 5.74) is 1.45. The zero-order chi connectivity index (χ0) is 18.7. The van der Waals surface area contributed by atoms with Gasteiger partial charge in [-0.1, -0.05) is 29.3 Å². The normalized spacial score (nSPS) is 10.6. The Balaban J connectivity index is 1.92. The number of rotatable bonds is 5. The van der Waals surface area contributed by atoms with Crippen LogP contribution < -0.4 is 10.1 Å². The summed E-state index contributed by atoms with van der Waals surface area (Å²) in [5.74, 6) is 1.14. The van der Waals surface area contributed by atoms with Crippen LogP contribution in [0.3, 0.4) is 0 Å². The highest BCUT2D eigenvalue weighted by Crippen LogP contribution is 2.34. The second-order valence-corrected chi connectivity index (χ2v) is 6.18. The van der Waals surface area contributed by atoms with Gasteiger partial charge in [0.2, 0.25) is 0 Å². The van der Waals surface area contributed by atoms with E-state index in [1.54, 1.807) is 55.6 Å². The number of carbonyl (C=O) groups excluding carboxylic acids is 1. The average Bonchev–Trinajstić information content (AvgIpc) is 3.13. The van der Waals surface area contributed by atoms with Crippen molar-refractivity contribution < 1.29 is 19.1 Å². The Hall–Kier alpha value is -2.47. The number of anilines is 1. The number of methoxy groups -OCH3 is 1. The number of furan rings is 1. The summed E-state index contributed by atoms with van der Waals surface area (Å²) < 4.78 is 10.9. The van der Waals surface area contributed by atoms with Crippen molar-refractivity contribution in [3.05, 3.63) is 69.9 Å². The van der Waals surface area contributed by atoms with Gasteiger partial charge in [-0.05, 0) is 42.5 Å². The molecule has 134 valence electrons. The van der Waals surface area contributed by atoms with Crippen molar-refractivity contribution in [1.29, 1.82) is 0 Å². The molecule has 3 aromatic rings. The molecule has 0 saturated heterocycles. The number of hydrogen-bond donors (Lipinski definition) is 2. The Morgan fingerprint density at radius 3 is 2.69 bits per heavy atom. The van der Waals surface area contributed by atoms with Crippen LogP contribution >= 0.6 is 23.2 Å². The molecule has 0 bridgehead atoms. The molecule has 1 amide bonds. The molecule has 0 aliphatic carbocycles. The first-order chi connectivity index (χ1) is 12.5. The highest BCUT2D eigenvalue weighted by atomic mass is 35.5. The molecule has 0 atom stereocenters. The van der Waals surface area contributed by atoms with Crippen molar-refractivity contribution in [2.24, 2.45) is 0 Å². The van der Waals surface area contributed by atoms with Gasteiger partial charge in [0.05, 0.1) is 28.3 Å². The molecule has 1 aromatic heterocycles. The van der Waals surface area contributed by atoms with Gasteiger partial charge in [0.15, 0.2) is 0 Å². The molecule has 0 unspecified atom stereocenters. The van der Waals surface area contributed by atoms with E-state index in [9.17, 15) is 4.79 Å². The van der Waals surface area contributed by atoms with Gasteiger partial charge in [0, 0.05) is 5.69 Å². The first-order valence-corrected chi connectivity index (χ1v) is 8.42. The summed E-state index contributed by atoms with van der Waals surface area (Å²) in [5, 5.41) is 12.4. The van der Waals surface area contributed by atoms with Crippen molar-refractivity contribution in [3.63, 3.8) is 0 Å². The number of ether oxygens (including phenoxy) is 1. The Labute approximate surface area is 160 Å². The van der Waals surface area contributed by atoms with E-state index in [-0.39, 0.29) is 23.1 Å². The van der Waals surface area contributed by atoms with E-state index < -0.39 is 0 Å².